The first-order valence-corrected chi connectivity index (χ1v) is 6.54. The predicted octanol–water partition coefficient (Wildman–Crippen LogP) is 3.53. The maximum atomic E-state index is 13.3. The molecule has 3 rings (SSSR count). The highest BCUT2D eigenvalue weighted by molar-refractivity contribution is 5.63. The number of phenolic OH excluding ortho intramolecular Hbond substituents is 1. The number of aromatic hydroxyl groups is 1. The molecule has 4 nitrogen and oxygen atoms in total. The number of rotatable bonds is 4. The van der Waals surface area contributed by atoms with Crippen molar-refractivity contribution in [1.82, 2.24) is 10.2 Å². The van der Waals surface area contributed by atoms with Crippen LogP contribution in [0.3, 0.4) is 0 Å². The normalized spacial score (nSPS) is 10.5. The SMILES string of the molecule is Oc1ccc(NCc2cn[nH]c2-c2ccccc2)cc1F. The van der Waals surface area contributed by atoms with Crippen molar-refractivity contribution in [2.75, 3.05) is 5.32 Å². The second kappa shape index (κ2) is 5.66. The zero-order chi connectivity index (χ0) is 14.7. The monoisotopic (exact) mass is 283 g/mol. The van der Waals surface area contributed by atoms with Crippen LogP contribution in [-0.2, 0) is 6.54 Å². The van der Waals surface area contributed by atoms with Crippen molar-refractivity contribution < 1.29 is 9.50 Å². The van der Waals surface area contributed by atoms with Gasteiger partial charge in [0, 0.05) is 23.9 Å². The lowest BCUT2D eigenvalue weighted by Gasteiger charge is -2.08. The Kier molecular flexibility index (Phi) is 3.55. The summed E-state index contributed by atoms with van der Waals surface area (Å²) in [5.41, 5.74) is 3.56. The molecule has 0 atom stereocenters. The Balaban J connectivity index is 1.77. The number of anilines is 1. The Hall–Kier alpha value is -2.82. The van der Waals surface area contributed by atoms with Gasteiger partial charge in [0.1, 0.15) is 0 Å². The van der Waals surface area contributed by atoms with Gasteiger partial charge in [-0.1, -0.05) is 30.3 Å². The van der Waals surface area contributed by atoms with E-state index < -0.39 is 5.82 Å². The molecule has 0 aliphatic carbocycles. The summed E-state index contributed by atoms with van der Waals surface area (Å²) in [4.78, 5) is 0. The summed E-state index contributed by atoms with van der Waals surface area (Å²) in [6, 6.07) is 14.1. The fraction of sp³-hybridized carbons (Fsp3) is 0.0625. The topological polar surface area (TPSA) is 60.9 Å². The van der Waals surface area contributed by atoms with Gasteiger partial charge in [-0.15, -0.1) is 0 Å². The van der Waals surface area contributed by atoms with Crippen LogP contribution in [0.5, 0.6) is 5.75 Å². The molecule has 0 radical (unpaired) electrons. The molecule has 0 saturated heterocycles. The van der Waals surface area contributed by atoms with E-state index in [0.717, 1.165) is 16.8 Å². The molecule has 0 saturated carbocycles. The van der Waals surface area contributed by atoms with E-state index >= 15 is 0 Å². The lowest BCUT2D eigenvalue weighted by Crippen LogP contribution is -2.00. The van der Waals surface area contributed by atoms with Gasteiger partial charge < -0.3 is 10.4 Å². The number of H-pyrrole nitrogens is 1. The highest BCUT2D eigenvalue weighted by Gasteiger charge is 2.08. The number of hydrogen-bond acceptors (Lipinski definition) is 3. The Labute approximate surface area is 121 Å². The smallest absolute Gasteiger partial charge is 0.166 e. The summed E-state index contributed by atoms with van der Waals surface area (Å²) in [5.74, 6) is -0.996. The van der Waals surface area contributed by atoms with Crippen molar-refractivity contribution in [3.05, 3.63) is 66.1 Å². The van der Waals surface area contributed by atoms with Crippen molar-refractivity contribution >= 4 is 5.69 Å². The van der Waals surface area contributed by atoms with Gasteiger partial charge in [0.2, 0.25) is 0 Å². The number of halogens is 1. The molecule has 0 fully saturated rings. The summed E-state index contributed by atoms with van der Waals surface area (Å²) < 4.78 is 13.3. The van der Waals surface area contributed by atoms with Gasteiger partial charge in [0.15, 0.2) is 11.6 Å². The molecule has 0 aliphatic heterocycles. The second-order valence-electron chi connectivity index (χ2n) is 4.66. The third-order valence-corrected chi connectivity index (χ3v) is 3.21. The maximum Gasteiger partial charge on any atom is 0.166 e. The Morgan fingerprint density at radius 1 is 1.14 bits per heavy atom. The average Bonchev–Trinajstić information content (AvgIpc) is 2.98. The van der Waals surface area contributed by atoms with Crippen LogP contribution in [0, 0.1) is 5.82 Å². The largest absolute Gasteiger partial charge is 0.505 e. The van der Waals surface area contributed by atoms with Gasteiger partial charge in [-0.2, -0.15) is 5.10 Å². The van der Waals surface area contributed by atoms with Crippen molar-refractivity contribution in [3.8, 4) is 17.0 Å². The van der Waals surface area contributed by atoms with E-state index in [1.807, 2.05) is 30.3 Å². The van der Waals surface area contributed by atoms with E-state index in [2.05, 4.69) is 15.5 Å². The van der Waals surface area contributed by atoms with Crippen LogP contribution >= 0.6 is 0 Å². The zero-order valence-corrected chi connectivity index (χ0v) is 11.2. The quantitative estimate of drug-likeness (QED) is 0.642. The number of phenols is 1. The van der Waals surface area contributed by atoms with E-state index in [1.165, 1.54) is 12.1 Å². The Bertz CT molecular complexity index is 740. The van der Waals surface area contributed by atoms with Gasteiger partial charge in [-0.25, -0.2) is 4.39 Å². The van der Waals surface area contributed by atoms with Gasteiger partial charge in [-0.05, 0) is 17.7 Å². The number of benzene rings is 2. The van der Waals surface area contributed by atoms with Crippen LogP contribution < -0.4 is 5.32 Å². The third kappa shape index (κ3) is 2.86. The Morgan fingerprint density at radius 3 is 2.71 bits per heavy atom. The molecule has 0 bridgehead atoms. The first kappa shape index (κ1) is 13.2. The predicted molar refractivity (Wildman–Crippen MR) is 79.4 cm³/mol. The van der Waals surface area contributed by atoms with Crippen LogP contribution in [0.1, 0.15) is 5.56 Å². The number of nitrogens with one attached hydrogen (secondary N) is 2. The first-order valence-electron chi connectivity index (χ1n) is 6.54. The minimum Gasteiger partial charge on any atom is -0.505 e. The van der Waals surface area contributed by atoms with Crippen molar-refractivity contribution in [2.45, 2.75) is 6.54 Å². The summed E-state index contributed by atoms with van der Waals surface area (Å²) in [6.07, 6.45) is 1.74. The molecule has 3 aromatic rings. The summed E-state index contributed by atoms with van der Waals surface area (Å²) in [7, 11) is 0. The van der Waals surface area contributed by atoms with E-state index in [4.69, 9.17) is 0 Å². The van der Waals surface area contributed by atoms with Crippen LogP contribution in [0.2, 0.25) is 0 Å². The molecule has 3 N–H and O–H groups in total. The molecular weight excluding hydrogens is 269 g/mol. The van der Waals surface area contributed by atoms with Crippen molar-refractivity contribution in [2.24, 2.45) is 0 Å². The number of aromatic nitrogens is 2. The molecule has 1 heterocycles. The van der Waals surface area contributed by atoms with E-state index in [0.29, 0.717) is 12.2 Å². The molecule has 1 aromatic heterocycles. The van der Waals surface area contributed by atoms with Crippen LogP contribution in [0.4, 0.5) is 10.1 Å². The van der Waals surface area contributed by atoms with Crippen LogP contribution in [-0.4, -0.2) is 15.3 Å². The highest BCUT2D eigenvalue weighted by Crippen LogP contribution is 2.23. The molecule has 106 valence electrons. The number of nitrogens with zero attached hydrogens (tertiary/aromatic N) is 1. The lowest BCUT2D eigenvalue weighted by atomic mass is 10.1. The van der Waals surface area contributed by atoms with Gasteiger partial charge in [0.05, 0.1) is 11.9 Å². The summed E-state index contributed by atoms with van der Waals surface area (Å²) >= 11 is 0. The minimum atomic E-state index is -0.643. The molecule has 0 amide bonds. The van der Waals surface area contributed by atoms with E-state index in [9.17, 15) is 9.50 Å². The molecule has 0 spiro atoms. The third-order valence-electron chi connectivity index (χ3n) is 3.21. The summed E-state index contributed by atoms with van der Waals surface area (Å²) in [5, 5.41) is 19.3. The van der Waals surface area contributed by atoms with Crippen LogP contribution in [0.15, 0.2) is 54.7 Å². The molecule has 5 heteroatoms. The van der Waals surface area contributed by atoms with Gasteiger partial charge in [0.25, 0.3) is 0 Å². The fourth-order valence-corrected chi connectivity index (χ4v) is 2.11. The molecule has 2 aromatic carbocycles. The average molecular weight is 283 g/mol. The summed E-state index contributed by atoms with van der Waals surface area (Å²) in [6.45, 7) is 0.505. The molecule has 0 aliphatic rings. The fourth-order valence-electron chi connectivity index (χ4n) is 2.11. The maximum absolute atomic E-state index is 13.3. The van der Waals surface area contributed by atoms with Crippen molar-refractivity contribution in [3.63, 3.8) is 0 Å². The van der Waals surface area contributed by atoms with Crippen molar-refractivity contribution in [1.29, 1.82) is 0 Å². The second-order valence-corrected chi connectivity index (χ2v) is 4.66. The number of aromatic amines is 1. The minimum absolute atomic E-state index is 0.353. The van der Waals surface area contributed by atoms with E-state index in [1.54, 1.807) is 12.3 Å². The van der Waals surface area contributed by atoms with E-state index in [-0.39, 0.29) is 5.75 Å². The molecular formula is C16H14FN3O. The zero-order valence-electron chi connectivity index (χ0n) is 11.2. The van der Waals surface area contributed by atoms with Crippen LogP contribution in [0.25, 0.3) is 11.3 Å². The number of hydrogen-bond donors (Lipinski definition) is 3. The Morgan fingerprint density at radius 2 is 1.95 bits per heavy atom. The highest BCUT2D eigenvalue weighted by atomic mass is 19.1. The lowest BCUT2D eigenvalue weighted by molar-refractivity contribution is 0.432. The van der Waals surface area contributed by atoms with Gasteiger partial charge in [-0.3, -0.25) is 5.10 Å². The van der Waals surface area contributed by atoms with Gasteiger partial charge >= 0.3 is 0 Å². The molecule has 21 heavy (non-hydrogen) atoms. The standard InChI is InChI=1S/C16H14FN3O/c17-14-8-13(6-7-15(14)21)18-9-12-10-19-20-16(12)11-4-2-1-3-5-11/h1-8,10,18,21H,9H2,(H,19,20). The first-order chi connectivity index (χ1) is 10.2. The molecule has 0 unspecified atom stereocenters.